The number of nitrogens with zero attached hydrogens (tertiary/aromatic N) is 1. The summed E-state index contributed by atoms with van der Waals surface area (Å²) in [7, 11) is -0.671. The summed E-state index contributed by atoms with van der Waals surface area (Å²) in [5.74, 6) is 1.22. The molecule has 4 aromatic carbocycles. The van der Waals surface area contributed by atoms with Gasteiger partial charge in [-0.15, -0.1) is 0 Å². The lowest BCUT2D eigenvalue weighted by atomic mass is 9.79. The van der Waals surface area contributed by atoms with Gasteiger partial charge >= 0.3 is 0 Å². The molecule has 1 heterocycles. The van der Waals surface area contributed by atoms with E-state index in [1.165, 1.54) is 4.31 Å². The number of hydrogen-bond acceptors (Lipinski definition) is 6. The predicted octanol–water partition coefficient (Wildman–Crippen LogP) is 5.14. The van der Waals surface area contributed by atoms with Crippen molar-refractivity contribution in [2.75, 3.05) is 27.4 Å². The van der Waals surface area contributed by atoms with E-state index >= 15 is 0 Å². The minimum atomic E-state index is -3.89. The number of para-hydroxylation sites is 2. The highest BCUT2D eigenvalue weighted by molar-refractivity contribution is 7.89. The molecule has 8 heteroatoms. The fourth-order valence-corrected chi connectivity index (χ4v) is 7.63. The van der Waals surface area contributed by atoms with Crippen molar-refractivity contribution in [2.45, 2.75) is 36.0 Å². The van der Waals surface area contributed by atoms with Crippen LogP contribution in [0.5, 0.6) is 11.5 Å². The van der Waals surface area contributed by atoms with E-state index in [0.717, 1.165) is 16.7 Å². The Balaban J connectivity index is 1.66. The largest absolute Gasteiger partial charge is 0.496 e. The van der Waals surface area contributed by atoms with Crippen LogP contribution < -0.4 is 9.47 Å². The lowest BCUT2D eigenvalue weighted by Gasteiger charge is -2.38. The van der Waals surface area contributed by atoms with Gasteiger partial charge in [0.2, 0.25) is 10.0 Å². The number of benzene rings is 4. The monoisotopic (exact) mass is 573 g/mol. The normalized spacial score (nSPS) is 17.9. The van der Waals surface area contributed by atoms with Crippen LogP contribution in [0.4, 0.5) is 0 Å². The molecule has 1 fully saturated rings. The molecule has 2 unspecified atom stereocenters. The molecular formula is C33H35NO6S. The maximum Gasteiger partial charge on any atom is 0.243 e. The third-order valence-electron chi connectivity index (χ3n) is 7.67. The van der Waals surface area contributed by atoms with E-state index in [2.05, 4.69) is 0 Å². The quantitative estimate of drug-likeness (QED) is 0.264. The van der Waals surface area contributed by atoms with Crippen molar-refractivity contribution in [1.29, 1.82) is 0 Å². The molecule has 0 spiro atoms. The zero-order valence-corrected chi connectivity index (χ0v) is 24.3. The first kappa shape index (κ1) is 28.8. The maximum atomic E-state index is 13.9. The van der Waals surface area contributed by atoms with Crippen LogP contribution in [-0.4, -0.2) is 57.3 Å². The molecule has 0 aromatic heterocycles. The summed E-state index contributed by atoms with van der Waals surface area (Å²) < 4.78 is 47.8. The molecule has 5 rings (SSSR count). The molecule has 0 saturated carbocycles. The molecule has 0 bridgehead atoms. The second-order valence-corrected chi connectivity index (χ2v) is 12.0. The first-order valence-corrected chi connectivity index (χ1v) is 15.0. The lowest BCUT2D eigenvalue weighted by Crippen LogP contribution is -2.42. The molecule has 0 radical (unpaired) electrons. The predicted molar refractivity (Wildman–Crippen MR) is 158 cm³/mol. The van der Waals surface area contributed by atoms with Gasteiger partial charge in [-0.2, -0.15) is 4.31 Å². The average Bonchev–Trinajstić information content (AvgIpc) is 3.40. The Morgan fingerprint density at radius 1 is 0.805 bits per heavy atom. The van der Waals surface area contributed by atoms with Gasteiger partial charge in [0, 0.05) is 17.7 Å². The van der Waals surface area contributed by atoms with Gasteiger partial charge in [0.25, 0.3) is 0 Å². The topological polar surface area (TPSA) is 85.3 Å². The van der Waals surface area contributed by atoms with Crippen molar-refractivity contribution in [3.05, 3.63) is 125 Å². The van der Waals surface area contributed by atoms with Crippen LogP contribution in [0.15, 0.2) is 108 Å². The number of ether oxygens (including phenoxy) is 3. The Kier molecular flexibility index (Phi) is 8.47. The van der Waals surface area contributed by atoms with Crippen LogP contribution in [0.3, 0.4) is 0 Å². The molecule has 1 aliphatic heterocycles. The highest BCUT2D eigenvalue weighted by Crippen LogP contribution is 2.48. The molecule has 0 aliphatic carbocycles. The Morgan fingerprint density at radius 2 is 1.34 bits per heavy atom. The molecule has 1 aliphatic rings. The van der Waals surface area contributed by atoms with Crippen LogP contribution in [0.1, 0.15) is 28.7 Å². The van der Waals surface area contributed by atoms with Crippen LogP contribution in [0.25, 0.3) is 0 Å². The second-order valence-electron chi connectivity index (χ2n) is 10.1. The highest BCUT2D eigenvalue weighted by atomic mass is 32.2. The van der Waals surface area contributed by atoms with Gasteiger partial charge in [-0.05, 0) is 42.7 Å². The Labute approximate surface area is 242 Å². The van der Waals surface area contributed by atoms with Gasteiger partial charge in [0.1, 0.15) is 11.5 Å². The molecule has 1 N–H and O–H groups in total. The Bertz CT molecular complexity index is 1540. The van der Waals surface area contributed by atoms with Gasteiger partial charge in [0.15, 0.2) is 5.60 Å². The zero-order valence-electron chi connectivity index (χ0n) is 23.4. The fourth-order valence-electron chi connectivity index (χ4n) is 5.74. The third kappa shape index (κ3) is 5.36. The summed E-state index contributed by atoms with van der Waals surface area (Å²) in [6.07, 6.45) is -0.570. The summed E-state index contributed by atoms with van der Waals surface area (Å²) >= 11 is 0. The van der Waals surface area contributed by atoms with Crippen molar-refractivity contribution in [1.82, 2.24) is 4.31 Å². The van der Waals surface area contributed by atoms with Crippen molar-refractivity contribution in [2.24, 2.45) is 0 Å². The minimum absolute atomic E-state index is 0.00711. The standard InChI is InChI=1S/C33H35NO6S/c1-24-13-7-12-20-32(24)41(36,37)34-22-27(35)21-26(34)23-40-33(25-14-5-4-6-15-25,28-16-8-10-18-30(28)38-2)29-17-9-11-19-31(29)39-3/h4-20,26-27,35H,21-23H2,1-3H3. The second kappa shape index (κ2) is 12.0. The average molecular weight is 574 g/mol. The highest BCUT2D eigenvalue weighted by Gasteiger charge is 2.46. The fraction of sp³-hybridized carbons (Fsp3) is 0.273. The van der Waals surface area contributed by atoms with Crippen molar-refractivity contribution >= 4 is 10.0 Å². The number of methoxy groups -OCH3 is 2. The smallest absolute Gasteiger partial charge is 0.243 e. The third-order valence-corrected chi connectivity index (χ3v) is 9.75. The van der Waals surface area contributed by atoms with E-state index in [4.69, 9.17) is 14.2 Å². The number of aliphatic hydroxyl groups excluding tert-OH is 1. The molecule has 7 nitrogen and oxygen atoms in total. The molecule has 1 saturated heterocycles. The van der Waals surface area contributed by atoms with Crippen LogP contribution in [0.2, 0.25) is 0 Å². The summed E-state index contributed by atoms with van der Waals surface area (Å²) in [4.78, 5) is 0.225. The Morgan fingerprint density at radius 3 is 1.93 bits per heavy atom. The van der Waals surface area contributed by atoms with E-state index in [9.17, 15) is 13.5 Å². The van der Waals surface area contributed by atoms with Gasteiger partial charge < -0.3 is 19.3 Å². The SMILES string of the molecule is COc1ccccc1C(OCC1CC(O)CN1S(=O)(=O)c1ccccc1C)(c1ccccc1)c1ccccc1OC. The van der Waals surface area contributed by atoms with Gasteiger partial charge in [-0.3, -0.25) is 0 Å². The number of rotatable bonds is 10. The molecule has 4 aromatic rings. The van der Waals surface area contributed by atoms with E-state index < -0.39 is 27.8 Å². The van der Waals surface area contributed by atoms with Crippen LogP contribution in [-0.2, 0) is 20.4 Å². The van der Waals surface area contributed by atoms with E-state index in [0.29, 0.717) is 17.1 Å². The first-order valence-electron chi connectivity index (χ1n) is 13.5. The summed E-state index contributed by atoms with van der Waals surface area (Å²) in [6, 6.07) is 31.3. The number of sulfonamides is 1. The minimum Gasteiger partial charge on any atom is -0.496 e. The zero-order chi connectivity index (χ0) is 29.0. The number of β-amino-alcohol motifs (C(OH)–C–C–N with tert-alkyl or cyclic N) is 1. The van der Waals surface area contributed by atoms with Crippen LogP contribution in [0, 0.1) is 6.92 Å². The Hall–Kier alpha value is -3.69. The molecule has 0 amide bonds. The van der Waals surface area contributed by atoms with Gasteiger partial charge in [-0.1, -0.05) is 84.9 Å². The number of aryl methyl sites for hydroxylation is 1. The van der Waals surface area contributed by atoms with Crippen molar-refractivity contribution in [3.63, 3.8) is 0 Å². The van der Waals surface area contributed by atoms with Gasteiger partial charge in [0.05, 0.1) is 37.9 Å². The van der Waals surface area contributed by atoms with Crippen molar-refractivity contribution in [3.8, 4) is 11.5 Å². The van der Waals surface area contributed by atoms with Crippen LogP contribution >= 0.6 is 0 Å². The number of aliphatic hydroxyl groups is 1. The number of hydrogen-bond donors (Lipinski definition) is 1. The summed E-state index contributed by atoms with van der Waals surface area (Å²) in [5, 5.41) is 10.7. The van der Waals surface area contributed by atoms with E-state index in [1.54, 1.807) is 39.3 Å². The summed E-state index contributed by atoms with van der Waals surface area (Å²) in [6.45, 7) is 1.77. The molecule has 41 heavy (non-hydrogen) atoms. The lowest BCUT2D eigenvalue weighted by molar-refractivity contribution is -0.00914. The molecule has 2 atom stereocenters. The van der Waals surface area contributed by atoms with E-state index in [-0.39, 0.29) is 24.5 Å². The van der Waals surface area contributed by atoms with E-state index in [1.807, 2.05) is 84.9 Å². The molecule has 214 valence electrons. The van der Waals surface area contributed by atoms with Gasteiger partial charge in [-0.25, -0.2) is 8.42 Å². The first-order chi connectivity index (χ1) is 19.8. The molecular weight excluding hydrogens is 538 g/mol. The maximum absolute atomic E-state index is 13.9. The van der Waals surface area contributed by atoms with Crippen molar-refractivity contribution < 1.29 is 27.7 Å². The summed E-state index contributed by atoms with van der Waals surface area (Å²) in [5.41, 5.74) is 1.72.